The van der Waals surface area contributed by atoms with E-state index in [1.54, 1.807) is 6.33 Å². The fourth-order valence-corrected chi connectivity index (χ4v) is 2.47. The number of hydrogen-bond acceptors (Lipinski definition) is 3. The highest BCUT2D eigenvalue weighted by Gasteiger charge is 2.07. The van der Waals surface area contributed by atoms with Crippen LogP contribution in [0.2, 0.25) is 5.02 Å². The molecule has 6 heteroatoms. The highest BCUT2D eigenvalue weighted by atomic mass is 35.5. The summed E-state index contributed by atoms with van der Waals surface area (Å²) in [6.07, 6.45) is 1.79. The van der Waals surface area contributed by atoms with Gasteiger partial charge in [-0.15, -0.1) is 0 Å². The minimum Gasteiger partial charge on any atom is -0.304 e. The standard InChI is InChI=1S/C14H19ClN4S/c1-11(2)18-9-16-19(14(18)20)10-17(3)8-12-4-6-13(15)7-5-12/h4-7,9,11H,8,10H2,1-3H3. The smallest absolute Gasteiger partial charge is 0.199 e. The van der Waals surface area contributed by atoms with Crippen molar-refractivity contribution in [2.24, 2.45) is 0 Å². The molecule has 0 aliphatic rings. The lowest BCUT2D eigenvalue weighted by atomic mass is 10.2. The van der Waals surface area contributed by atoms with E-state index in [4.69, 9.17) is 23.8 Å². The number of nitrogens with zero attached hydrogens (tertiary/aromatic N) is 4. The maximum atomic E-state index is 5.89. The number of aromatic nitrogens is 3. The van der Waals surface area contributed by atoms with Crippen LogP contribution in [0.15, 0.2) is 30.6 Å². The maximum Gasteiger partial charge on any atom is 0.199 e. The average Bonchev–Trinajstić information content (AvgIpc) is 2.74. The molecule has 0 amide bonds. The Hall–Kier alpha value is -1.17. The molecule has 0 fully saturated rings. The van der Waals surface area contributed by atoms with Gasteiger partial charge in [0, 0.05) is 17.6 Å². The summed E-state index contributed by atoms with van der Waals surface area (Å²) >= 11 is 11.3. The number of halogens is 1. The van der Waals surface area contributed by atoms with Gasteiger partial charge in [0.15, 0.2) is 4.77 Å². The molecule has 2 aromatic rings. The lowest BCUT2D eigenvalue weighted by Crippen LogP contribution is -2.22. The van der Waals surface area contributed by atoms with E-state index in [9.17, 15) is 0 Å². The molecular weight excluding hydrogens is 292 g/mol. The Labute approximate surface area is 129 Å². The lowest BCUT2D eigenvalue weighted by molar-refractivity contribution is 0.243. The molecule has 0 radical (unpaired) electrons. The van der Waals surface area contributed by atoms with E-state index in [1.165, 1.54) is 5.56 Å². The molecule has 0 N–H and O–H groups in total. The SMILES string of the molecule is CC(C)n1cnn(CN(C)Cc2ccc(Cl)cc2)c1=S. The van der Waals surface area contributed by atoms with E-state index in [1.807, 2.05) is 40.6 Å². The van der Waals surface area contributed by atoms with Crippen LogP contribution in [-0.4, -0.2) is 26.3 Å². The summed E-state index contributed by atoms with van der Waals surface area (Å²) in [5, 5.41) is 5.10. The van der Waals surface area contributed by atoms with Gasteiger partial charge in [0.2, 0.25) is 0 Å². The molecule has 2 rings (SSSR count). The topological polar surface area (TPSA) is 26.0 Å². The van der Waals surface area contributed by atoms with E-state index in [2.05, 4.69) is 23.8 Å². The molecule has 0 unspecified atom stereocenters. The van der Waals surface area contributed by atoms with Crippen molar-refractivity contribution in [3.8, 4) is 0 Å². The molecule has 1 heterocycles. The molecule has 0 aliphatic carbocycles. The van der Waals surface area contributed by atoms with Crippen molar-refractivity contribution in [1.82, 2.24) is 19.2 Å². The van der Waals surface area contributed by atoms with Crippen molar-refractivity contribution < 1.29 is 0 Å². The molecular formula is C14H19ClN4S. The third kappa shape index (κ3) is 3.69. The first kappa shape index (κ1) is 15.2. The Bertz CT molecular complexity index is 615. The van der Waals surface area contributed by atoms with Crippen LogP contribution in [0.1, 0.15) is 25.5 Å². The third-order valence-electron chi connectivity index (χ3n) is 3.05. The number of rotatable bonds is 5. The second-order valence-corrected chi connectivity index (χ2v) is 6.00. The van der Waals surface area contributed by atoms with Gasteiger partial charge in [0.05, 0.1) is 6.67 Å². The average molecular weight is 311 g/mol. The Morgan fingerprint density at radius 2 is 1.95 bits per heavy atom. The normalized spacial score (nSPS) is 11.5. The highest BCUT2D eigenvalue weighted by Crippen LogP contribution is 2.11. The minimum atomic E-state index is 0.331. The monoisotopic (exact) mass is 310 g/mol. The third-order valence-corrected chi connectivity index (χ3v) is 3.73. The van der Waals surface area contributed by atoms with Gasteiger partial charge >= 0.3 is 0 Å². The van der Waals surface area contributed by atoms with Crippen molar-refractivity contribution >= 4 is 23.8 Å². The van der Waals surface area contributed by atoms with Gasteiger partial charge in [-0.3, -0.25) is 4.90 Å². The van der Waals surface area contributed by atoms with Crippen molar-refractivity contribution in [2.45, 2.75) is 33.1 Å². The molecule has 0 aliphatic heterocycles. The van der Waals surface area contributed by atoms with Gasteiger partial charge in [-0.1, -0.05) is 23.7 Å². The Balaban J connectivity index is 2.03. The lowest BCUT2D eigenvalue weighted by Gasteiger charge is -2.16. The van der Waals surface area contributed by atoms with Crippen molar-refractivity contribution in [1.29, 1.82) is 0 Å². The summed E-state index contributed by atoms with van der Waals surface area (Å²) in [6, 6.07) is 8.21. The van der Waals surface area contributed by atoms with Crippen LogP contribution in [0.5, 0.6) is 0 Å². The van der Waals surface area contributed by atoms with Gasteiger partial charge in [0.25, 0.3) is 0 Å². The number of benzene rings is 1. The largest absolute Gasteiger partial charge is 0.304 e. The zero-order chi connectivity index (χ0) is 14.7. The summed E-state index contributed by atoms with van der Waals surface area (Å²) in [7, 11) is 2.05. The van der Waals surface area contributed by atoms with E-state index in [0.717, 1.165) is 16.3 Å². The summed E-state index contributed by atoms with van der Waals surface area (Å²) in [6.45, 7) is 5.69. The summed E-state index contributed by atoms with van der Waals surface area (Å²) in [5.74, 6) is 0. The van der Waals surface area contributed by atoms with E-state index in [0.29, 0.717) is 12.7 Å². The maximum absolute atomic E-state index is 5.89. The minimum absolute atomic E-state index is 0.331. The molecule has 0 spiro atoms. The summed E-state index contributed by atoms with van der Waals surface area (Å²) in [5.41, 5.74) is 1.21. The first-order valence-electron chi connectivity index (χ1n) is 6.54. The Kier molecular flexibility index (Phi) is 4.96. The summed E-state index contributed by atoms with van der Waals surface area (Å²) < 4.78 is 4.58. The fraction of sp³-hybridized carbons (Fsp3) is 0.429. The van der Waals surface area contributed by atoms with Crippen molar-refractivity contribution in [3.05, 3.63) is 45.9 Å². The van der Waals surface area contributed by atoms with Crippen LogP contribution in [0.25, 0.3) is 0 Å². The number of hydrogen-bond donors (Lipinski definition) is 0. The van der Waals surface area contributed by atoms with Gasteiger partial charge < -0.3 is 4.57 Å². The molecule has 1 aromatic heterocycles. The molecule has 0 bridgehead atoms. The van der Waals surface area contributed by atoms with Crippen molar-refractivity contribution in [2.75, 3.05) is 7.05 Å². The molecule has 4 nitrogen and oxygen atoms in total. The van der Waals surface area contributed by atoms with Gasteiger partial charge in [0.1, 0.15) is 6.33 Å². The van der Waals surface area contributed by atoms with Crippen LogP contribution >= 0.6 is 23.8 Å². The molecule has 0 atom stereocenters. The fourth-order valence-electron chi connectivity index (χ4n) is 1.98. The zero-order valence-electron chi connectivity index (χ0n) is 12.0. The van der Waals surface area contributed by atoms with Crippen LogP contribution in [-0.2, 0) is 13.2 Å². The first-order valence-corrected chi connectivity index (χ1v) is 7.33. The zero-order valence-corrected chi connectivity index (χ0v) is 13.5. The molecule has 1 aromatic carbocycles. The Morgan fingerprint density at radius 3 is 2.50 bits per heavy atom. The second kappa shape index (κ2) is 6.52. The highest BCUT2D eigenvalue weighted by molar-refractivity contribution is 7.71. The van der Waals surface area contributed by atoms with Crippen LogP contribution in [0.3, 0.4) is 0 Å². The molecule has 20 heavy (non-hydrogen) atoms. The van der Waals surface area contributed by atoms with Gasteiger partial charge in [-0.05, 0) is 50.8 Å². The van der Waals surface area contributed by atoms with E-state index in [-0.39, 0.29) is 0 Å². The predicted molar refractivity (Wildman–Crippen MR) is 84.4 cm³/mol. The van der Waals surface area contributed by atoms with Crippen LogP contribution in [0, 0.1) is 4.77 Å². The quantitative estimate of drug-likeness (QED) is 0.787. The molecule has 0 saturated carbocycles. The Morgan fingerprint density at radius 1 is 1.30 bits per heavy atom. The van der Waals surface area contributed by atoms with E-state index < -0.39 is 0 Å². The van der Waals surface area contributed by atoms with Crippen molar-refractivity contribution in [3.63, 3.8) is 0 Å². The van der Waals surface area contributed by atoms with Gasteiger partial charge in [-0.25, -0.2) is 4.68 Å². The summed E-state index contributed by atoms with van der Waals surface area (Å²) in [4.78, 5) is 2.16. The second-order valence-electron chi connectivity index (χ2n) is 5.20. The van der Waals surface area contributed by atoms with Crippen LogP contribution in [0.4, 0.5) is 0 Å². The predicted octanol–water partition coefficient (Wildman–Crippen LogP) is 3.74. The van der Waals surface area contributed by atoms with E-state index >= 15 is 0 Å². The van der Waals surface area contributed by atoms with Gasteiger partial charge in [-0.2, -0.15) is 5.10 Å². The van der Waals surface area contributed by atoms with Crippen LogP contribution < -0.4 is 0 Å². The first-order chi connectivity index (χ1) is 9.47. The molecule has 108 valence electrons. The molecule has 0 saturated heterocycles.